The molecule has 0 saturated carbocycles. The van der Waals surface area contributed by atoms with Gasteiger partial charge in [-0.2, -0.15) is 4.72 Å². The number of aryl methyl sites for hydroxylation is 1. The van der Waals surface area contributed by atoms with Crippen LogP contribution in [0.1, 0.15) is 49.9 Å². The molecule has 168 valence electrons. The number of fused-ring (bicyclic) bond motifs is 1. The van der Waals surface area contributed by atoms with Crippen molar-refractivity contribution in [1.29, 1.82) is 0 Å². The fraction of sp³-hybridized carbons (Fsp3) is 0.458. The summed E-state index contributed by atoms with van der Waals surface area (Å²) in [6.07, 6.45) is -0.585. The van der Waals surface area contributed by atoms with E-state index in [1.54, 1.807) is 31.2 Å². The highest BCUT2D eigenvalue weighted by Crippen LogP contribution is 2.35. The van der Waals surface area contributed by atoms with Crippen LogP contribution in [0.25, 0.3) is 0 Å². The molecule has 7 heteroatoms. The molecule has 0 fully saturated rings. The molecule has 0 bridgehead atoms. The highest BCUT2D eigenvalue weighted by Gasteiger charge is 2.39. The first-order valence-electron chi connectivity index (χ1n) is 10.6. The third-order valence-electron chi connectivity index (χ3n) is 5.73. The minimum Gasteiger partial charge on any atom is -0.460 e. The Bertz CT molecular complexity index is 1020. The molecule has 1 aliphatic carbocycles. The van der Waals surface area contributed by atoms with Crippen molar-refractivity contribution in [3.63, 3.8) is 0 Å². The van der Waals surface area contributed by atoms with E-state index in [1.165, 1.54) is 0 Å². The number of benzene rings is 2. The molecule has 4 atom stereocenters. The molecule has 0 heterocycles. The molecule has 0 spiro atoms. The van der Waals surface area contributed by atoms with E-state index in [9.17, 15) is 18.3 Å². The lowest BCUT2D eigenvalue weighted by atomic mass is 9.96. The van der Waals surface area contributed by atoms with Gasteiger partial charge in [0.05, 0.1) is 23.0 Å². The van der Waals surface area contributed by atoms with Gasteiger partial charge in [0.1, 0.15) is 6.10 Å². The van der Waals surface area contributed by atoms with Gasteiger partial charge in [0, 0.05) is 6.42 Å². The third-order valence-corrected chi connectivity index (χ3v) is 7.18. The van der Waals surface area contributed by atoms with Gasteiger partial charge in [-0.1, -0.05) is 55.8 Å². The van der Waals surface area contributed by atoms with Crippen LogP contribution in [0.5, 0.6) is 0 Å². The predicted octanol–water partition coefficient (Wildman–Crippen LogP) is 3.53. The van der Waals surface area contributed by atoms with Crippen LogP contribution in [-0.4, -0.2) is 31.7 Å². The number of carbonyl (C=O) groups is 1. The van der Waals surface area contributed by atoms with Crippen molar-refractivity contribution in [2.75, 3.05) is 0 Å². The molecule has 31 heavy (non-hydrogen) atoms. The molecule has 0 saturated heterocycles. The standard InChI is InChI=1S/C24H31NO5S/c1-15(2)13-21(26)17(4)24(27)30-22-14-18-7-5-6-8-20(18)23(22)25-31(28,29)19-11-9-16(3)10-12-19/h5-12,15,17,21-23,25-26H,13-14H2,1-4H3/t17-,21-,22+,23-/m0/s1. The number of aliphatic hydroxyl groups excluding tert-OH is 1. The van der Waals surface area contributed by atoms with Crippen molar-refractivity contribution < 1.29 is 23.1 Å². The average Bonchev–Trinajstić information content (AvgIpc) is 3.03. The van der Waals surface area contributed by atoms with Gasteiger partial charge >= 0.3 is 5.97 Å². The first-order chi connectivity index (χ1) is 14.6. The zero-order valence-corrected chi connectivity index (χ0v) is 19.2. The highest BCUT2D eigenvalue weighted by atomic mass is 32.2. The molecule has 1 aliphatic rings. The second-order valence-electron chi connectivity index (χ2n) is 8.78. The molecular formula is C24H31NO5S. The summed E-state index contributed by atoms with van der Waals surface area (Å²) in [4.78, 5) is 12.9. The van der Waals surface area contributed by atoms with E-state index in [-0.39, 0.29) is 10.8 Å². The van der Waals surface area contributed by atoms with E-state index < -0.39 is 40.2 Å². The lowest BCUT2D eigenvalue weighted by molar-refractivity contribution is -0.158. The zero-order chi connectivity index (χ0) is 22.8. The third kappa shape index (κ3) is 5.53. The van der Waals surface area contributed by atoms with Crippen molar-refractivity contribution in [1.82, 2.24) is 4.72 Å². The molecule has 0 aliphatic heterocycles. The van der Waals surface area contributed by atoms with Gasteiger partial charge in [-0.3, -0.25) is 4.79 Å². The maximum Gasteiger partial charge on any atom is 0.311 e. The van der Waals surface area contributed by atoms with Crippen LogP contribution in [-0.2, 0) is 26.0 Å². The smallest absolute Gasteiger partial charge is 0.311 e. The molecule has 3 rings (SSSR count). The van der Waals surface area contributed by atoms with Gasteiger partial charge in [-0.05, 0) is 49.4 Å². The van der Waals surface area contributed by atoms with Crippen molar-refractivity contribution >= 4 is 16.0 Å². The number of carbonyl (C=O) groups excluding carboxylic acids is 1. The number of nitrogens with one attached hydrogen (secondary N) is 1. The van der Waals surface area contributed by atoms with Crippen molar-refractivity contribution in [3.8, 4) is 0 Å². The quantitative estimate of drug-likeness (QED) is 0.607. The Morgan fingerprint density at radius 3 is 2.42 bits per heavy atom. The average molecular weight is 446 g/mol. The summed E-state index contributed by atoms with van der Waals surface area (Å²) in [6.45, 7) is 7.49. The Hall–Kier alpha value is -2.22. The second-order valence-corrected chi connectivity index (χ2v) is 10.5. The summed E-state index contributed by atoms with van der Waals surface area (Å²) in [7, 11) is -3.82. The van der Waals surface area contributed by atoms with Crippen LogP contribution in [0.3, 0.4) is 0 Å². The Morgan fingerprint density at radius 2 is 1.77 bits per heavy atom. The second kappa shape index (κ2) is 9.51. The fourth-order valence-electron chi connectivity index (χ4n) is 3.86. The van der Waals surface area contributed by atoms with Gasteiger partial charge in [-0.25, -0.2) is 8.42 Å². The topological polar surface area (TPSA) is 92.7 Å². The lowest BCUT2D eigenvalue weighted by Gasteiger charge is -2.25. The fourth-order valence-corrected chi connectivity index (χ4v) is 5.10. The summed E-state index contributed by atoms with van der Waals surface area (Å²) in [6, 6.07) is 13.4. The first-order valence-corrected chi connectivity index (χ1v) is 12.1. The van der Waals surface area contributed by atoms with Crippen LogP contribution in [0.15, 0.2) is 53.4 Å². The largest absolute Gasteiger partial charge is 0.460 e. The highest BCUT2D eigenvalue weighted by molar-refractivity contribution is 7.89. The van der Waals surface area contributed by atoms with E-state index in [4.69, 9.17) is 4.74 Å². The van der Waals surface area contributed by atoms with Crippen molar-refractivity contribution in [2.24, 2.45) is 11.8 Å². The van der Waals surface area contributed by atoms with Gasteiger partial charge < -0.3 is 9.84 Å². The SMILES string of the molecule is Cc1ccc(S(=O)(=O)N[C@H]2c3ccccc3C[C@H]2OC(=O)[C@@H](C)[C@@H](O)CC(C)C)cc1. The normalized spacial score (nSPS) is 20.3. The summed E-state index contributed by atoms with van der Waals surface area (Å²) < 4.78 is 34.5. The Kier molecular flexibility index (Phi) is 7.19. The Morgan fingerprint density at radius 1 is 1.13 bits per heavy atom. The van der Waals surface area contributed by atoms with Crippen LogP contribution in [0.4, 0.5) is 0 Å². The van der Waals surface area contributed by atoms with Gasteiger partial charge in [0.15, 0.2) is 0 Å². The number of hydrogen-bond donors (Lipinski definition) is 2. The number of rotatable bonds is 8. The maximum atomic E-state index is 13.0. The number of aliphatic hydroxyl groups is 1. The molecule has 0 amide bonds. The minimum atomic E-state index is -3.82. The first kappa shape index (κ1) is 23.4. The van der Waals surface area contributed by atoms with Crippen LogP contribution >= 0.6 is 0 Å². The number of ether oxygens (including phenoxy) is 1. The van der Waals surface area contributed by atoms with Gasteiger partial charge in [0.25, 0.3) is 0 Å². The Labute approximate surface area is 184 Å². The molecule has 0 aromatic heterocycles. The molecule has 0 unspecified atom stereocenters. The van der Waals surface area contributed by atoms with E-state index in [0.29, 0.717) is 12.8 Å². The summed E-state index contributed by atoms with van der Waals surface area (Å²) in [5.74, 6) is -0.971. The van der Waals surface area contributed by atoms with Crippen LogP contribution < -0.4 is 4.72 Å². The summed E-state index contributed by atoms with van der Waals surface area (Å²) in [5.41, 5.74) is 2.70. The molecule has 6 nitrogen and oxygen atoms in total. The molecule has 2 aromatic carbocycles. The molecular weight excluding hydrogens is 414 g/mol. The number of hydrogen-bond acceptors (Lipinski definition) is 5. The molecule has 2 aromatic rings. The van der Waals surface area contributed by atoms with E-state index in [0.717, 1.165) is 16.7 Å². The van der Waals surface area contributed by atoms with Crippen molar-refractivity contribution in [2.45, 2.75) is 63.7 Å². The van der Waals surface area contributed by atoms with Crippen molar-refractivity contribution in [3.05, 3.63) is 65.2 Å². The maximum absolute atomic E-state index is 13.0. The number of sulfonamides is 1. The van der Waals surface area contributed by atoms with Crippen LogP contribution in [0.2, 0.25) is 0 Å². The summed E-state index contributed by atoms with van der Waals surface area (Å²) in [5, 5.41) is 10.3. The van der Waals surface area contributed by atoms with Gasteiger partial charge in [-0.15, -0.1) is 0 Å². The summed E-state index contributed by atoms with van der Waals surface area (Å²) >= 11 is 0. The van der Waals surface area contributed by atoms with E-state index in [1.807, 2.05) is 45.0 Å². The molecule has 0 radical (unpaired) electrons. The van der Waals surface area contributed by atoms with E-state index >= 15 is 0 Å². The van der Waals surface area contributed by atoms with E-state index in [2.05, 4.69) is 4.72 Å². The predicted molar refractivity (Wildman–Crippen MR) is 119 cm³/mol. The molecule has 2 N–H and O–H groups in total. The number of esters is 1. The van der Waals surface area contributed by atoms with Crippen LogP contribution in [0, 0.1) is 18.8 Å². The minimum absolute atomic E-state index is 0.160. The monoisotopic (exact) mass is 445 g/mol. The Balaban J connectivity index is 1.82. The lowest BCUT2D eigenvalue weighted by Crippen LogP contribution is -2.38. The zero-order valence-electron chi connectivity index (χ0n) is 18.4. The van der Waals surface area contributed by atoms with Gasteiger partial charge in [0.2, 0.25) is 10.0 Å².